The van der Waals surface area contributed by atoms with E-state index in [0.29, 0.717) is 16.8 Å². The van der Waals surface area contributed by atoms with Crippen LogP contribution in [0.5, 0.6) is 0 Å². The van der Waals surface area contributed by atoms with Gasteiger partial charge in [-0.2, -0.15) is 0 Å². The lowest BCUT2D eigenvalue weighted by Crippen LogP contribution is -2.00. The number of hydrogen-bond acceptors (Lipinski definition) is 2. The lowest BCUT2D eigenvalue weighted by atomic mass is 10.0. The van der Waals surface area contributed by atoms with Crippen LogP contribution in [0, 0.1) is 0 Å². The Kier molecular flexibility index (Phi) is 3.44. The number of carbonyl (C=O) groups is 1. The molecule has 0 aliphatic carbocycles. The predicted molar refractivity (Wildman–Crippen MR) is 72.8 cm³/mol. The van der Waals surface area contributed by atoms with Crippen molar-refractivity contribution >= 4 is 23.3 Å². The second-order valence-electron chi connectivity index (χ2n) is 3.86. The minimum atomic E-state index is -0.968. The molecule has 0 amide bonds. The van der Waals surface area contributed by atoms with Gasteiger partial charge in [0.15, 0.2) is 0 Å². The van der Waals surface area contributed by atoms with Gasteiger partial charge in [0, 0.05) is 5.69 Å². The molecule has 0 aliphatic rings. The summed E-state index contributed by atoms with van der Waals surface area (Å²) < 4.78 is 0. The first-order chi connectivity index (χ1) is 8.68. The van der Waals surface area contributed by atoms with E-state index in [0.717, 1.165) is 0 Å². The third kappa shape index (κ3) is 2.58. The number of rotatable bonds is 3. The number of hydrogen-bond donors (Lipinski definition) is 2. The molecule has 0 aliphatic heterocycles. The summed E-state index contributed by atoms with van der Waals surface area (Å²) in [6.45, 7) is 0. The SMILES string of the molecule is Nc1ccccc1/C=C(\C(=O)O)c1ccccc1. The molecule has 3 heteroatoms. The number of nitrogen functional groups attached to an aromatic ring is 1. The van der Waals surface area contributed by atoms with Gasteiger partial charge in [0.2, 0.25) is 0 Å². The van der Waals surface area contributed by atoms with E-state index in [1.807, 2.05) is 18.2 Å². The second-order valence-corrected chi connectivity index (χ2v) is 3.86. The summed E-state index contributed by atoms with van der Waals surface area (Å²) in [5.74, 6) is -0.968. The molecule has 0 heterocycles. The molecule has 0 fully saturated rings. The minimum Gasteiger partial charge on any atom is -0.478 e. The number of carboxylic acid groups (broad SMARTS) is 1. The summed E-state index contributed by atoms with van der Waals surface area (Å²) in [5, 5.41) is 9.27. The van der Waals surface area contributed by atoms with Crippen LogP contribution in [0.15, 0.2) is 54.6 Å². The molecule has 18 heavy (non-hydrogen) atoms. The Morgan fingerprint density at radius 2 is 1.61 bits per heavy atom. The van der Waals surface area contributed by atoms with E-state index in [1.165, 1.54) is 0 Å². The van der Waals surface area contributed by atoms with Gasteiger partial charge in [0.1, 0.15) is 0 Å². The van der Waals surface area contributed by atoms with Crippen molar-refractivity contribution in [3.8, 4) is 0 Å². The molecule has 0 unspecified atom stereocenters. The Labute approximate surface area is 105 Å². The molecule has 0 radical (unpaired) electrons. The predicted octanol–water partition coefficient (Wildman–Crippen LogP) is 2.89. The monoisotopic (exact) mass is 239 g/mol. The average molecular weight is 239 g/mol. The molecule has 3 nitrogen and oxygen atoms in total. The van der Waals surface area contributed by atoms with E-state index >= 15 is 0 Å². The van der Waals surface area contributed by atoms with Gasteiger partial charge >= 0.3 is 5.97 Å². The van der Waals surface area contributed by atoms with E-state index in [1.54, 1.807) is 42.5 Å². The molecule has 0 aromatic heterocycles. The van der Waals surface area contributed by atoms with Crippen LogP contribution in [0.25, 0.3) is 11.6 Å². The van der Waals surface area contributed by atoms with E-state index in [9.17, 15) is 9.90 Å². The van der Waals surface area contributed by atoms with Crippen molar-refractivity contribution in [1.29, 1.82) is 0 Å². The smallest absolute Gasteiger partial charge is 0.336 e. The van der Waals surface area contributed by atoms with Crippen LogP contribution in [-0.4, -0.2) is 11.1 Å². The summed E-state index contributed by atoms with van der Waals surface area (Å²) in [7, 11) is 0. The molecule has 0 saturated carbocycles. The molecule has 0 atom stereocenters. The summed E-state index contributed by atoms with van der Waals surface area (Å²) >= 11 is 0. The Morgan fingerprint density at radius 1 is 1.00 bits per heavy atom. The molecule has 0 bridgehead atoms. The van der Waals surface area contributed by atoms with Crippen molar-refractivity contribution in [3.63, 3.8) is 0 Å². The zero-order valence-electron chi connectivity index (χ0n) is 9.71. The van der Waals surface area contributed by atoms with Crippen LogP contribution >= 0.6 is 0 Å². The molecule has 2 aromatic rings. The van der Waals surface area contributed by atoms with Crippen molar-refractivity contribution in [2.24, 2.45) is 0 Å². The Hall–Kier alpha value is -2.55. The maximum Gasteiger partial charge on any atom is 0.336 e. The van der Waals surface area contributed by atoms with Crippen LogP contribution in [0.3, 0.4) is 0 Å². The van der Waals surface area contributed by atoms with Crippen molar-refractivity contribution in [3.05, 3.63) is 65.7 Å². The average Bonchev–Trinajstić information content (AvgIpc) is 2.38. The first-order valence-corrected chi connectivity index (χ1v) is 5.53. The molecule has 90 valence electrons. The van der Waals surface area contributed by atoms with Crippen molar-refractivity contribution in [2.75, 3.05) is 5.73 Å². The van der Waals surface area contributed by atoms with Gasteiger partial charge in [-0.25, -0.2) is 4.79 Å². The molecular formula is C15H13NO2. The van der Waals surface area contributed by atoms with Crippen molar-refractivity contribution in [2.45, 2.75) is 0 Å². The largest absolute Gasteiger partial charge is 0.478 e. The number of nitrogens with two attached hydrogens (primary N) is 1. The Bertz CT molecular complexity index is 588. The maximum absolute atomic E-state index is 11.3. The van der Waals surface area contributed by atoms with Crippen LogP contribution in [-0.2, 0) is 4.79 Å². The van der Waals surface area contributed by atoms with Gasteiger partial charge in [-0.05, 0) is 23.3 Å². The van der Waals surface area contributed by atoms with Crippen LogP contribution in [0.1, 0.15) is 11.1 Å². The highest BCUT2D eigenvalue weighted by Crippen LogP contribution is 2.21. The van der Waals surface area contributed by atoms with Gasteiger partial charge in [-0.3, -0.25) is 0 Å². The third-order valence-electron chi connectivity index (χ3n) is 2.61. The molecule has 2 rings (SSSR count). The first-order valence-electron chi connectivity index (χ1n) is 5.53. The Morgan fingerprint density at radius 3 is 2.22 bits per heavy atom. The van der Waals surface area contributed by atoms with E-state index in [2.05, 4.69) is 0 Å². The summed E-state index contributed by atoms with van der Waals surface area (Å²) in [6.07, 6.45) is 1.59. The van der Waals surface area contributed by atoms with Crippen LogP contribution in [0.2, 0.25) is 0 Å². The van der Waals surface area contributed by atoms with Gasteiger partial charge in [0.05, 0.1) is 5.57 Å². The van der Waals surface area contributed by atoms with Crippen molar-refractivity contribution < 1.29 is 9.90 Å². The summed E-state index contributed by atoms with van der Waals surface area (Å²) in [5.41, 5.74) is 7.97. The highest BCUT2D eigenvalue weighted by atomic mass is 16.4. The minimum absolute atomic E-state index is 0.230. The Balaban J connectivity index is 2.50. The lowest BCUT2D eigenvalue weighted by Gasteiger charge is -2.04. The quantitative estimate of drug-likeness (QED) is 0.491. The number of benzene rings is 2. The topological polar surface area (TPSA) is 63.3 Å². The number of aliphatic carboxylic acids is 1. The maximum atomic E-state index is 11.3. The number of anilines is 1. The number of para-hydroxylation sites is 1. The first kappa shape index (κ1) is 11.9. The van der Waals surface area contributed by atoms with Crippen LogP contribution < -0.4 is 5.73 Å². The van der Waals surface area contributed by atoms with Gasteiger partial charge in [-0.1, -0.05) is 48.5 Å². The number of carboxylic acids is 1. The van der Waals surface area contributed by atoms with E-state index in [-0.39, 0.29) is 5.57 Å². The zero-order chi connectivity index (χ0) is 13.0. The highest BCUT2D eigenvalue weighted by molar-refractivity contribution is 6.20. The normalized spacial score (nSPS) is 11.2. The summed E-state index contributed by atoms with van der Waals surface area (Å²) in [6, 6.07) is 16.2. The molecule has 0 saturated heterocycles. The van der Waals surface area contributed by atoms with E-state index in [4.69, 9.17) is 5.73 Å². The fourth-order valence-electron chi connectivity index (χ4n) is 1.68. The van der Waals surface area contributed by atoms with Gasteiger partial charge < -0.3 is 10.8 Å². The standard InChI is InChI=1S/C15H13NO2/c16-14-9-5-4-8-12(14)10-13(15(17)18)11-6-2-1-3-7-11/h1-10H,16H2,(H,17,18)/b13-10-. The molecule has 0 spiro atoms. The molecule has 2 aromatic carbocycles. The van der Waals surface area contributed by atoms with Crippen molar-refractivity contribution in [1.82, 2.24) is 0 Å². The van der Waals surface area contributed by atoms with Crippen LogP contribution in [0.4, 0.5) is 5.69 Å². The van der Waals surface area contributed by atoms with Gasteiger partial charge in [0.25, 0.3) is 0 Å². The second kappa shape index (κ2) is 5.19. The highest BCUT2D eigenvalue weighted by Gasteiger charge is 2.10. The summed E-state index contributed by atoms with van der Waals surface area (Å²) in [4.78, 5) is 11.3. The van der Waals surface area contributed by atoms with Gasteiger partial charge in [-0.15, -0.1) is 0 Å². The fraction of sp³-hybridized carbons (Fsp3) is 0. The third-order valence-corrected chi connectivity index (χ3v) is 2.61. The zero-order valence-corrected chi connectivity index (χ0v) is 9.71. The fourth-order valence-corrected chi connectivity index (χ4v) is 1.68. The molecule has 3 N–H and O–H groups in total. The van der Waals surface area contributed by atoms with E-state index < -0.39 is 5.97 Å². The lowest BCUT2D eigenvalue weighted by molar-refractivity contribution is -0.130. The molecular weight excluding hydrogens is 226 g/mol.